The lowest BCUT2D eigenvalue weighted by Gasteiger charge is -2.31. The molecule has 0 heterocycles. The van der Waals surface area contributed by atoms with Crippen molar-refractivity contribution in [3.05, 3.63) is 65.5 Å². The third kappa shape index (κ3) is 6.85. The van der Waals surface area contributed by atoms with Gasteiger partial charge < -0.3 is 10.2 Å². The molecule has 0 aliphatic carbocycles. The lowest BCUT2D eigenvalue weighted by atomic mass is 10.1. The topological polar surface area (TPSA) is 104 Å². The second-order valence-electron chi connectivity index (χ2n) is 7.56. The zero-order chi connectivity index (χ0) is 24.8. The molecular weight excluding hydrogens is 449 g/mol. The van der Waals surface area contributed by atoms with Gasteiger partial charge in [-0.05, 0) is 39.0 Å². The number of benzene rings is 2. The Morgan fingerprint density at radius 3 is 2.33 bits per heavy atom. The van der Waals surface area contributed by atoms with Gasteiger partial charge in [-0.15, -0.1) is 0 Å². The number of nitrogens with zero attached hydrogens (tertiary/aromatic N) is 2. The summed E-state index contributed by atoms with van der Waals surface area (Å²) in [6.45, 7) is 4.04. The maximum absolute atomic E-state index is 14.3. The number of rotatable bonds is 10. The molecular formula is C23H28FN3O5S. The number of hydrogen-bond acceptors (Lipinski definition) is 5. The van der Waals surface area contributed by atoms with Crippen molar-refractivity contribution in [1.29, 1.82) is 0 Å². The summed E-state index contributed by atoms with van der Waals surface area (Å²) < 4.78 is 40.2. The van der Waals surface area contributed by atoms with Crippen molar-refractivity contribution in [2.75, 3.05) is 23.7 Å². The van der Waals surface area contributed by atoms with Gasteiger partial charge in [-0.1, -0.05) is 30.3 Å². The van der Waals surface area contributed by atoms with E-state index in [-0.39, 0.29) is 29.1 Å². The van der Waals surface area contributed by atoms with E-state index in [1.165, 1.54) is 56.3 Å². The van der Waals surface area contributed by atoms with E-state index in [0.717, 1.165) is 15.5 Å². The van der Waals surface area contributed by atoms with Crippen molar-refractivity contribution in [3.63, 3.8) is 0 Å². The highest BCUT2D eigenvalue weighted by Crippen LogP contribution is 2.21. The van der Waals surface area contributed by atoms with Gasteiger partial charge in [0.05, 0.1) is 11.9 Å². The van der Waals surface area contributed by atoms with Gasteiger partial charge in [0.1, 0.15) is 18.4 Å². The summed E-state index contributed by atoms with van der Waals surface area (Å²) in [6.07, 6.45) is 0.940. The molecule has 1 unspecified atom stereocenters. The number of carbonyl (C=O) groups is 3. The molecule has 1 atom stereocenters. The standard InChI is InChI=1S/C23H28FN3O5S/c1-5-25-23(30)16(2)26(14-19-9-6-7-12-21(19)24)22(29)15-27(33(4,31)32)20-11-8-10-18(13-20)17(3)28/h6-13,16H,5,14-15H2,1-4H3,(H,25,30). The molecule has 2 aromatic rings. The molecule has 0 aliphatic heterocycles. The lowest BCUT2D eigenvalue weighted by Crippen LogP contribution is -2.51. The summed E-state index contributed by atoms with van der Waals surface area (Å²) in [6, 6.07) is 10.8. The number of amides is 2. The van der Waals surface area contributed by atoms with Crippen LogP contribution in [-0.4, -0.2) is 56.3 Å². The molecule has 10 heteroatoms. The Balaban J connectivity index is 2.44. The van der Waals surface area contributed by atoms with Crippen molar-refractivity contribution < 1.29 is 27.2 Å². The van der Waals surface area contributed by atoms with E-state index in [9.17, 15) is 27.2 Å². The van der Waals surface area contributed by atoms with Crippen molar-refractivity contribution in [3.8, 4) is 0 Å². The number of sulfonamides is 1. The van der Waals surface area contributed by atoms with E-state index in [4.69, 9.17) is 0 Å². The van der Waals surface area contributed by atoms with Crippen molar-refractivity contribution >= 4 is 33.3 Å². The van der Waals surface area contributed by atoms with Gasteiger partial charge in [0.2, 0.25) is 21.8 Å². The van der Waals surface area contributed by atoms with Crippen LogP contribution in [0.15, 0.2) is 48.5 Å². The number of ketones is 1. The van der Waals surface area contributed by atoms with Crippen LogP contribution in [0.5, 0.6) is 0 Å². The first-order valence-corrected chi connectivity index (χ1v) is 12.2. The lowest BCUT2D eigenvalue weighted by molar-refractivity contribution is -0.139. The largest absolute Gasteiger partial charge is 0.355 e. The van der Waals surface area contributed by atoms with E-state index in [1.54, 1.807) is 13.0 Å². The molecule has 0 fully saturated rings. The fourth-order valence-corrected chi connectivity index (χ4v) is 4.05. The SMILES string of the molecule is CCNC(=O)C(C)N(Cc1ccccc1F)C(=O)CN(c1cccc(C(C)=O)c1)S(C)(=O)=O. The number of anilines is 1. The molecule has 178 valence electrons. The van der Waals surface area contributed by atoms with Crippen LogP contribution in [0.4, 0.5) is 10.1 Å². The van der Waals surface area contributed by atoms with E-state index < -0.39 is 40.2 Å². The summed E-state index contributed by atoms with van der Waals surface area (Å²) in [5.41, 5.74) is 0.606. The normalized spacial score (nSPS) is 12.0. The quantitative estimate of drug-likeness (QED) is 0.529. The smallest absolute Gasteiger partial charge is 0.244 e. The minimum absolute atomic E-state index is 0.134. The van der Waals surface area contributed by atoms with Crippen molar-refractivity contribution in [2.24, 2.45) is 0 Å². The van der Waals surface area contributed by atoms with Gasteiger partial charge in [0.15, 0.2) is 5.78 Å². The number of hydrogen-bond donors (Lipinski definition) is 1. The third-order valence-corrected chi connectivity index (χ3v) is 6.18. The van der Waals surface area contributed by atoms with E-state index in [1.807, 2.05) is 0 Å². The van der Waals surface area contributed by atoms with Crippen molar-refractivity contribution in [2.45, 2.75) is 33.4 Å². The van der Waals surface area contributed by atoms with Crippen molar-refractivity contribution in [1.82, 2.24) is 10.2 Å². The number of nitrogens with one attached hydrogen (secondary N) is 1. The Kier molecular flexibility index (Phi) is 8.69. The first-order valence-electron chi connectivity index (χ1n) is 10.3. The predicted octanol–water partition coefficient (Wildman–Crippen LogP) is 2.35. The van der Waals surface area contributed by atoms with Gasteiger partial charge in [0.25, 0.3) is 0 Å². The number of carbonyl (C=O) groups excluding carboxylic acids is 3. The Labute approximate surface area is 193 Å². The highest BCUT2D eigenvalue weighted by Gasteiger charge is 2.30. The molecule has 1 N–H and O–H groups in total. The number of halogens is 1. The minimum Gasteiger partial charge on any atom is -0.355 e. The van der Waals surface area contributed by atoms with Gasteiger partial charge in [-0.2, -0.15) is 0 Å². The summed E-state index contributed by atoms with van der Waals surface area (Å²) in [5.74, 6) is -1.96. The zero-order valence-electron chi connectivity index (χ0n) is 19.0. The molecule has 0 aromatic heterocycles. The summed E-state index contributed by atoms with van der Waals surface area (Å²) in [5, 5.41) is 2.62. The van der Waals surface area contributed by atoms with Crippen LogP contribution in [0.1, 0.15) is 36.7 Å². The highest BCUT2D eigenvalue weighted by molar-refractivity contribution is 7.92. The van der Waals surface area contributed by atoms with Crippen LogP contribution in [0, 0.1) is 5.82 Å². The predicted molar refractivity (Wildman–Crippen MR) is 124 cm³/mol. The molecule has 33 heavy (non-hydrogen) atoms. The second kappa shape index (κ2) is 11.0. The minimum atomic E-state index is -3.93. The molecule has 2 amide bonds. The van der Waals surface area contributed by atoms with Gasteiger partial charge in [-0.3, -0.25) is 18.7 Å². The van der Waals surface area contributed by atoms with E-state index >= 15 is 0 Å². The summed E-state index contributed by atoms with van der Waals surface area (Å²) >= 11 is 0. The zero-order valence-corrected chi connectivity index (χ0v) is 19.9. The van der Waals surface area contributed by atoms with E-state index in [2.05, 4.69) is 5.32 Å². The first kappa shape index (κ1) is 26.0. The molecule has 0 aliphatic rings. The van der Waals surface area contributed by atoms with Crippen LogP contribution in [0.25, 0.3) is 0 Å². The Morgan fingerprint density at radius 1 is 1.09 bits per heavy atom. The fraction of sp³-hybridized carbons (Fsp3) is 0.348. The van der Waals surface area contributed by atoms with Crippen LogP contribution in [0.3, 0.4) is 0 Å². The second-order valence-corrected chi connectivity index (χ2v) is 9.47. The van der Waals surface area contributed by atoms with E-state index in [0.29, 0.717) is 6.54 Å². The van der Waals surface area contributed by atoms with Crippen LogP contribution in [-0.2, 0) is 26.2 Å². The molecule has 0 saturated carbocycles. The Morgan fingerprint density at radius 2 is 1.76 bits per heavy atom. The Bertz CT molecular complexity index is 1140. The molecule has 0 bridgehead atoms. The molecule has 0 spiro atoms. The van der Waals surface area contributed by atoms with Gasteiger partial charge in [-0.25, -0.2) is 12.8 Å². The third-order valence-electron chi connectivity index (χ3n) is 5.04. The monoisotopic (exact) mass is 477 g/mol. The first-order chi connectivity index (χ1) is 15.5. The average Bonchev–Trinajstić information content (AvgIpc) is 2.75. The van der Waals surface area contributed by atoms with Crippen LogP contribution >= 0.6 is 0 Å². The summed E-state index contributed by atoms with van der Waals surface area (Å²) in [4.78, 5) is 38.7. The molecule has 0 saturated heterocycles. The molecule has 0 radical (unpaired) electrons. The Hall–Kier alpha value is -3.27. The maximum atomic E-state index is 14.3. The highest BCUT2D eigenvalue weighted by atomic mass is 32.2. The fourth-order valence-electron chi connectivity index (χ4n) is 3.21. The average molecular weight is 478 g/mol. The molecule has 8 nitrogen and oxygen atoms in total. The summed E-state index contributed by atoms with van der Waals surface area (Å²) in [7, 11) is -3.93. The molecule has 2 rings (SSSR count). The van der Waals surface area contributed by atoms with Crippen LogP contribution in [0.2, 0.25) is 0 Å². The number of Topliss-reactive ketones (excluding diaryl/α,β-unsaturated/α-hetero) is 1. The molecule has 2 aromatic carbocycles. The van der Waals surface area contributed by atoms with Crippen LogP contribution < -0.4 is 9.62 Å². The van der Waals surface area contributed by atoms with Gasteiger partial charge in [0, 0.05) is 24.2 Å². The van der Waals surface area contributed by atoms with Gasteiger partial charge >= 0.3 is 0 Å². The maximum Gasteiger partial charge on any atom is 0.244 e. The number of likely N-dealkylation sites (N-methyl/N-ethyl adjacent to an activating group) is 1.